The van der Waals surface area contributed by atoms with E-state index in [2.05, 4.69) is 15.3 Å². The average Bonchev–Trinajstić information content (AvgIpc) is 2.79. The summed E-state index contributed by atoms with van der Waals surface area (Å²) >= 11 is 0. The molecule has 5 nitrogen and oxygen atoms in total. The van der Waals surface area contributed by atoms with Crippen LogP contribution in [0, 0.1) is 0 Å². The third-order valence-electron chi connectivity index (χ3n) is 4.89. The molecular formula is C24H18F3N3O2. The molecule has 162 valence electrons. The van der Waals surface area contributed by atoms with Crippen LogP contribution in [-0.2, 0) is 6.18 Å². The summed E-state index contributed by atoms with van der Waals surface area (Å²) in [6.07, 6.45) is 0.313. The van der Waals surface area contributed by atoms with Gasteiger partial charge < -0.3 is 10.1 Å². The number of carbonyl (C=O) groups is 1. The molecule has 0 bridgehead atoms. The second-order valence-corrected chi connectivity index (χ2v) is 7.14. The van der Waals surface area contributed by atoms with E-state index in [0.717, 1.165) is 22.9 Å². The fourth-order valence-corrected chi connectivity index (χ4v) is 3.21. The number of nitrogens with zero attached hydrogens (tertiary/aromatic N) is 2. The number of alkyl halides is 3. The topological polar surface area (TPSA) is 64.1 Å². The zero-order valence-electron chi connectivity index (χ0n) is 16.9. The summed E-state index contributed by atoms with van der Waals surface area (Å²) in [5.41, 5.74) is 0.364. The predicted molar refractivity (Wildman–Crippen MR) is 113 cm³/mol. The van der Waals surface area contributed by atoms with E-state index in [1.165, 1.54) is 12.1 Å². The maximum atomic E-state index is 12.8. The second-order valence-electron chi connectivity index (χ2n) is 7.14. The van der Waals surface area contributed by atoms with Crippen LogP contribution in [0.15, 0.2) is 79.3 Å². The highest BCUT2D eigenvalue weighted by Gasteiger charge is 2.30. The quantitative estimate of drug-likeness (QED) is 0.420. The first-order valence-electron chi connectivity index (χ1n) is 9.76. The number of benzene rings is 3. The van der Waals surface area contributed by atoms with E-state index >= 15 is 0 Å². The van der Waals surface area contributed by atoms with Gasteiger partial charge in [0, 0.05) is 23.3 Å². The van der Waals surface area contributed by atoms with Gasteiger partial charge in [-0.15, -0.1) is 0 Å². The average molecular weight is 437 g/mol. The lowest BCUT2D eigenvalue weighted by molar-refractivity contribution is -0.137. The molecule has 0 spiro atoms. The lowest BCUT2D eigenvalue weighted by Gasteiger charge is -2.14. The summed E-state index contributed by atoms with van der Waals surface area (Å²) in [6.45, 7) is 1.82. The maximum Gasteiger partial charge on any atom is 0.416 e. The molecule has 8 heteroatoms. The fourth-order valence-electron chi connectivity index (χ4n) is 3.21. The Morgan fingerprint density at radius 1 is 1.03 bits per heavy atom. The van der Waals surface area contributed by atoms with E-state index in [9.17, 15) is 18.0 Å². The van der Waals surface area contributed by atoms with Crippen molar-refractivity contribution in [1.29, 1.82) is 0 Å². The summed E-state index contributed by atoms with van der Waals surface area (Å²) in [7, 11) is 0. The van der Waals surface area contributed by atoms with Gasteiger partial charge in [-0.2, -0.15) is 13.2 Å². The number of fused-ring (bicyclic) bond motifs is 1. The van der Waals surface area contributed by atoms with E-state index in [1.807, 2.05) is 13.0 Å². The minimum absolute atomic E-state index is 0.265. The Balaban J connectivity index is 1.54. The van der Waals surface area contributed by atoms with Gasteiger partial charge in [-0.3, -0.25) is 14.8 Å². The molecule has 0 saturated carbocycles. The predicted octanol–water partition coefficient (Wildman–Crippen LogP) is 5.93. The molecule has 1 amide bonds. The summed E-state index contributed by atoms with van der Waals surface area (Å²) in [5, 5.41) is 4.37. The molecule has 0 saturated heterocycles. The Morgan fingerprint density at radius 3 is 2.50 bits per heavy atom. The number of carbonyl (C=O) groups excluding carboxylic acids is 1. The molecule has 0 fully saturated rings. The minimum Gasteiger partial charge on any atom is -0.457 e. The van der Waals surface area contributed by atoms with Gasteiger partial charge in [0.1, 0.15) is 11.5 Å². The lowest BCUT2D eigenvalue weighted by Crippen LogP contribution is -2.27. The van der Waals surface area contributed by atoms with Crippen LogP contribution in [0.2, 0.25) is 0 Å². The number of rotatable bonds is 5. The first-order chi connectivity index (χ1) is 15.3. The van der Waals surface area contributed by atoms with Crippen molar-refractivity contribution in [3.63, 3.8) is 0 Å². The highest BCUT2D eigenvalue weighted by atomic mass is 19.4. The van der Waals surface area contributed by atoms with Crippen molar-refractivity contribution in [2.45, 2.75) is 19.1 Å². The normalized spacial score (nSPS) is 12.4. The second kappa shape index (κ2) is 8.66. The van der Waals surface area contributed by atoms with Crippen LogP contribution >= 0.6 is 0 Å². The summed E-state index contributed by atoms with van der Waals surface area (Å²) < 4.78 is 44.1. The third-order valence-corrected chi connectivity index (χ3v) is 4.89. The van der Waals surface area contributed by atoms with Gasteiger partial charge in [-0.05, 0) is 60.8 Å². The summed E-state index contributed by atoms with van der Waals surface area (Å²) in [6, 6.07) is 14.6. The lowest BCUT2D eigenvalue weighted by atomic mass is 10.1. The van der Waals surface area contributed by atoms with Gasteiger partial charge in [0.15, 0.2) is 0 Å². The molecule has 1 atom stereocenters. The molecule has 4 rings (SSSR count). The highest BCUT2D eigenvalue weighted by Crippen LogP contribution is 2.33. The minimum atomic E-state index is -4.40. The molecule has 0 unspecified atom stereocenters. The molecule has 3 aromatic carbocycles. The summed E-state index contributed by atoms with van der Waals surface area (Å²) in [4.78, 5) is 20.9. The highest BCUT2D eigenvalue weighted by molar-refractivity contribution is 6.00. The number of ether oxygens (including phenoxy) is 1. The largest absolute Gasteiger partial charge is 0.457 e. The Kier molecular flexibility index (Phi) is 5.77. The molecule has 4 aromatic rings. The van der Waals surface area contributed by atoms with Crippen molar-refractivity contribution in [3.05, 3.63) is 96.1 Å². The van der Waals surface area contributed by atoms with Crippen molar-refractivity contribution in [3.8, 4) is 11.5 Å². The van der Waals surface area contributed by atoms with Crippen molar-refractivity contribution in [2.24, 2.45) is 0 Å². The van der Waals surface area contributed by atoms with Crippen LogP contribution < -0.4 is 10.1 Å². The number of nitrogens with one attached hydrogen (secondary N) is 1. The number of hydrogen-bond acceptors (Lipinski definition) is 4. The number of hydrogen-bond donors (Lipinski definition) is 1. The van der Waals surface area contributed by atoms with Gasteiger partial charge in [0.25, 0.3) is 5.91 Å². The standard InChI is InChI=1S/C24H18F3N3O2/c1-15(21-14-28-11-12-29-21)30-23(31)17-5-10-20-16(13-17)3-2-4-22(20)32-19-8-6-18(7-9-19)24(25,26)27/h2-15H,1H3,(H,30,31)/t15-/m0/s1. The Labute approximate surface area is 181 Å². The number of halogens is 3. The smallest absolute Gasteiger partial charge is 0.416 e. The van der Waals surface area contributed by atoms with E-state index in [4.69, 9.17) is 4.74 Å². The molecule has 1 N–H and O–H groups in total. The molecule has 1 aromatic heterocycles. The Bertz CT molecular complexity index is 1240. The van der Waals surface area contributed by atoms with Crippen molar-refractivity contribution in [1.82, 2.24) is 15.3 Å². The van der Waals surface area contributed by atoms with Crippen LogP contribution in [0.4, 0.5) is 13.2 Å². The van der Waals surface area contributed by atoms with Crippen molar-refractivity contribution in [2.75, 3.05) is 0 Å². The van der Waals surface area contributed by atoms with Crippen molar-refractivity contribution < 1.29 is 22.7 Å². The maximum absolute atomic E-state index is 12.8. The van der Waals surface area contributed by atoms with Gasteiger partial charge in [-0.1, -0.05) is 12.1 Å². The molecular weight excluding hydrogens is 419 g/mol. The molecule has 32 heavy (non-hydrogen) atoms. The Morgan fingerprint density at radius 2 is 1.81 bits per heavy atom. The SMILES string of the molecule is C[C@H](NC(=O)c1ccc2c(Oc3ccc(C(F)(F)F)cc3)cccc2c1)c1cnccn1. The zero-order chi connectivity index (χ0) is 22.7. The van der Waals surface area contributed by atoms with Gasteiger partial charge in [0.05, 0.1) is 23.5 Å². The number of amides is 1. The molecule has 0 radical (unpaired) electrons. The van der Waals surface area contributed by atoms with Crippen LogP contribution in [-0.4, -0.2) is 15.9 Å². The van der Waals surface area contributed by atoms with E-state index in [0.29, 0.717) is 17.0 Å². The van der Waals surface area contributed by atoms with E-state index in [-0.39, 0.29) is 17.7 Å². The van der Waals surface area contributed by atoms with Gasteiger partial charge in [0.2, 0.25) is 0 Å². The zero-order valence-corrected chi connectivity index (χ0v) is 16.9. The van der Waals surface area contributed by atoms with Crippen molar-refractivity contribution >= 4 is 16.7 Å². The molecule has 1 heterocycles. The van der Waals surface area contributed by atoms with Gasteiger partial charge in [-0.25, -0.2) is 0 Å². The van der Waals surface area contributed by atoms with Crippen LogP contribution in [0.25, 0.3) is 10.8 Å². The van der Waals surface area contributed by atoms with Crippen LogP contribution in [0.1, 0.15) is 34.6 Å². The van der Waals surface area contributed by atoms with Gasteiger partial charge >= 0.3 is 6.18 Å². The van der Waals surface area contributed by atoms with Crippen LogP contribution in [0.3, 0.4) is 0 Å². The summed E-state index contributed by atoms with van der Waals surface area (Å²) in [5.74, 6) is 0.492. The Hall–Kier alpha value is -3.94. The third kappa shape index (κ3) is 4.69. The monoisotopic (exact) mass is 437 g/mol. The van der Waals surface area contributed by atoms with E-state index < -0.39 is 11.7 Å². The molecule has 0 aliphatic heterocycles. The van der Waals surface area contributed by atoms with Crippen LogP contribution in [0.5, 0.6) is 11.5 Å². The van der Waals surface area contributed by atoms with E-state index in [1.54, 1.807) is 48.9 Å². The number of aromatic nitrogens is 2. The molecule has 0 aliphatic rings. The fraction of sp³-hybridized carbons (Fsp3) is 0.125. The first kappa shape index (κ1) is 21.3. The first-order valence-corrected chi connectivity index (χ1v) is 9.76. The molecule has 0 aliphatic carbocycles.